The summed E-state index contributed by atoms with van der Waals surface area (Å²) in [4.78, 5) is 5.93. The van der Waals surface area contributed by atoms with Crippen LogP contribution in [0.2, 0.25) is 0 Å². The molecule has 0 unspecified atom stereocenters. The molecule has 0 spiro atoms. The molecule has 0 saturated carbocycles. The van der Waals surface area contributed by atoms with Crippen LogP contribution in [0.25, 0.3) is 0 Å². The van der Waals surface area contributed by atoms with Crippen LogP contribution in [0.5, 0.6) is 0 Å². The quantitative estimate of drug-likeness (QED) is 0.882. The molecule has 0 aliphatic carbocycles. The maximum absolute atomic E-state index is 13.0. The Labute approximate surface area is 99.7 Å². The maximum atomic E-state index is 13.0. The lowest BCUT2D eigenvalue weighted by Gasteiger charge is -2.19. The Kier molecular flexibility index (Phi) is 3.23. The van der Waals surface area contributed by atoms with Gasteiger partial charge in [-0.15, -0.1) is 0 Å². The number of anilines is 2. The van der Waals surface area contributed by atoms with Crippen LogP contribution in [0.15, 0.2) is 42.6 Å². The highest BCUT2D eigenvalue weighted by molar-refractivity contribution is 5.51. The molecule has 3 nitrogen and oxygen atoms in total. The van der Waals surface area contributed by atoms with E-state index in [0.29, 0.717) is 12.4 Å². The van der Waals surface area contributed by atoms with Gasteiger partial charge in [-0.05, 0) is 23.8 Å². The molecule has 0 bridgehead atoms. The summed E-state index contributed by atoms with van der Waals surface area (Å²) in [6.07, 6.45) is 1.66. The zero-order valence-corrected chi connectivity index (χ0v) is 9.60. The molecule has 17 heavy (non-hydrogen) atoms. The number of benzene rings is 1. The molecule has 2 rings (SSSR count). The smallest absolute Gasteiger partial charge is 0.125 e. The van der Waals surface area contributed by atoms with Gasteiger partial charge in [0.25, 0.3) is 0 Å². The van der Waals surface area contributed by atoms with E-state index >= 15 is 0 Å². The Morgan fingerprint density at radius 2 is 2.12 bits per heavy atom. The van der Waals surface area contributed by atoms with Gasteiger partial charge in [0.15, 0.2) is 0 Å². The topological polar surface area (TPSA) is 42.2 Å². The second kappa shape index (κ2) is 4.82. The van der Waals surface area contributed by atoms with Gasteiger partial charge in [-0.1, -0.05) is 12.1 Å². The Morgan fingerprint density at radius 1 is 1.29 bits per heavy atom. The van der Waals surface area contributed by atoms with Crippen molar-refractivity contribution in [2.75, 3.05) is 17.7 Å². The van der Waals surface area contributed by atoms with Crippen molar-refractivity contribution < 1.29 is 4.39 Å². The van der Waals surface area contributed by atoms with Gasteiger partial charge in [-0.25, -0.2) is 9.37 Å². The van der Waals surface area contributed by atoms with Gasteiger partial charge in [0.05, 0.1) is 0 Å². The SMILES string of the molecule is CN(Cc1cccc(F)c1)c1ccnc(N)c1. The van der Waals surface area contributed by atoms with Gasteiger partial charge < -0.3 is 10.6 Å². The summed E-state index contributed by atoms with van der Waals surface area (Å²) in [5, 5.41) is 0. The number of hydrogen-bond donors (Lipinski definition) is 1. The molecular formula is C13H14FN3. The van der Waals surface area contributed by atoms with Crippen molar-refractivity contribution >= 4 is 11.5 Å². The van der Waals surface area contributed by atoms with Crippen LogP contribution in [0.3, 0.4) is 0 Å². The van der Waals surface area contributed by atoms with Crippen LogP contribution < -0.4 is 10.6 Å². The molecule has 2 aromatic rings. The zero-order chi connectivity index (χ0) is 12.3. The van der Waals surface area contributed by atoms with Crippen LogP contribution in [0.4, 0.5) is 15.9 Å². The lowest BCUT2D eigenvalue weighted by atomic mass is 10.2. The summed E-state index contributed by atoms with van der Waals surface area (Å²) in [6, 6.07) is 10.2. The second-order valence-electron chi connectivity index (χ2n) is 3.92. The molecular weight excluding hydrogens is 217 g/mol. The fourth-order valence-corrected chi connectivity index (χ4v) is 1.67. The summed E-state index contributed by atoms with van der Waals surface area (Å²) >= 11 is 0. The number of hydrogen-bond acceptors (Lipinski definition) is 3. The minimum Gasteiger partial charge on any atom is -0.384 e. The van der Waals surface area contributed by atoms with E-state index in [1.54, 1.807) is 18.3 Å². The zero-order valence-electron chi connectivity index (χ0n) is 9.60. The van der Waals surface area contributed by atoms with Gasteiger partial charge in [0.1, 0.15) is 11.6 Å². The predicted molar refractivity (Wildman–Crippen MR) is 67.2 cm³/mol. The number of nitrogen functional groups attached to an aromatic ring is 1. The van der Waals surface area contributed by atoms with E-state index < -0.39 is 0 Å². The van der Waals surface area contributed by atoms with Crippen molar-refractivity contribution in [1.82, 2.24) is 4.98 Å². The van der Waals surface area contributed by atoms with E-state index in [0.717, 1.165) is 11.3 Å². The van der Waals surface area contributed by atoms with Gasteiger partial charge in [0, 0.05) is 31.5 Å². The largest absolute Gasteiger partial charge is 0.384 e. The maximum Gasteiger partial charge on any atom is 0.125 e. The first-order chi connectivity index (χ1) is 8.15. The Bertz CT molecular complexity index is 514. The van der Waals surface area contributed by atoms with E-state index in [1.165, 1.54) is 12.1 Å². The van der Waals surface area contributed by atoms with Gasteiger partial charge in [-0.3, -0.25) is 0 Å². The van der Waals surface area contributed by atoms with Gasteiger partial charge in [0.2, 0.25) is 0 Å². The summed E-state index contributed by atoms with van der Waals surface area (Å²) in [5.41, 5.74) is 7.50. The Balaban J connectivity index is 2.14. The molecule has 1 aromatic heterocycles. The van der Waals surface area contributed by atoms with E-state index in [1.807, 2.05) is 24.1 Å². The highest BCUT2D eigenvalue weighted by Gasteiger charge is 2.03. The number of nitrogens with zero attached hydrogens (tertiary/aromatic N) is 2. The fraction of sp³-hybridized carbons (Fsp3) is 0.154. The van der Waals surface area contributed by atoms with Crippen molar-refractivity contribution in [2.24, 2.45) is 0 Å². The van der Waals surface area contributed by atoms with Crippen LogP contribution in [-0.2, 0) is 6.54 Å². The Hall–Kier alpha value is -2.10. The average molecular weight is 231 g/mol. The van der Waals surface area contributed by atoms with Crippen LogP contribution in [0, 0.1) is 5.82 Å². The number of pyridine rings is 1. The third-order valence-corrected chi connectivity index (χ3v) is 2.51. The molecule has 2 N–H and O–H groups in total. The minimum atomic E-state index is -0.217. The molecule has 0 aliphatic rings. The van der Waals surface area contributed by atoms with Crippen LogP contribution in [-0.4, -0.2) is 12.0 Å². The molecule has 1 heterocycles. The van der Waals surface area contributed by atoms with E-state index in [4.69, 9.17) is 5.73 Å². The van der Waals surface area contributed by atoms with E-state index in [2.05, 4.69) is 4.98 Å². The van der Waals surface area contributed by atoms with Crippen molar-refractivity contribution in [3.63, 3.8) is 0 Å². The molecule has 88 valence electrons. The second-order valence-corrected chi connectivity index (χ2v) is 3.92. The lowest BCUT2D eigenvalue weighted by molar-refractivity contribution is 0.625. The first-order valence-electron chi connectivity index (χ1n) is 5.32. The third kappa shape index (κ3) is 2.93. The van der Waals surface area contributed by atoms with Gasteiger partial charge in [-0.2, -0.15) is 0 Å². The monoisotopic (exact) mass is 231 g/mol. The molecule has 1 aromatic carbocycles. The van der Waals surface area contributed by atoms with Crippen LogP contribution in [0.1, 0.15) is 5.56 Å². The van der Waals surface area contributed by atoms with Crippen molar-refractivity contribution in [3.8, 4) is 0 Å². The predicted octanol–water partition coefficient (Wildman–Crippen LogP) is 2.44. The number of aromatic nitrogens is 1. The highest BCUT2D eigenvalue weighted by Crippen LogP contribution is 2.16. The number of halogens is 1. The summed E-state index contributed by atoms with van der Waals surface area (Å²) < 4.78 is 13.0. The molecule has 0 atom stereocenters. The summed E-state index contributed by atoms with van der Waals surface area (Å²) in [5.74, 6) is 0.263. The lowest BCUT2D eigenvalue weighted by Crippen LogP contribution is -2.16. The molecule has 0 radical (unpaired) electrons. The Morgan fingerprint density at radius 3 is 2.82 bits per heavy atom. The fourth-order valence-electron chi connectivity index (χ4n) is 1.67. The average Bonchev–Trinajstić information content (AvgIpc) is 2.29. The first-order valence-corrected chi connectivity index (χ1v) is 5.32. The van der Waals surface area contributed by atoms with E-state index in [-0.39, 0.29) is 5.82 Å². The van der Waals surface area contributed by atoms with Gasteiger partial charge >= 0.3 is 0 Å². The molecule has 4 heteroatoms. The summed E-state index contributed by atoms with van der Waals surface area (Å²) in [7, 11) is 1.93. The van der Waals surface area contributed by atoms with Crippen molar-refractivity contribution in [3.05, 3.63) is 54.0 Å². The highest BCUT2D eigenvalue weighted by atomic mass is 19.1. The number of rotatable bonds is 3. The first kappa shape index (κ1) is 11.4. The molecule has 0 saturated heterocycles. The van der Waals surface area contributed by atoms with Crippen LogP contribution >= 0.6 is 0 Å². The summed E-state index contributed by atoms with van der Waals surface area (Å²) in [6.45, 7) is 0.626. The van der Waals surface area contributed by atoms with Crippen molar-refractivity contribution in [2.45, 2.75) is 6.54 Å². The normalized spacial score (nSPS) is 10.2. The van der Waals surface area contributed by atoms with Crippen molar-refractivity contribution in [1.29, 1.82) is 0 Å². The molecule has 0 fully saturated rings. The standard InChI is InChI=1S/C13H14FN3/c1-17(12-5-6-16-13(15)8-12)9-10-3-2-4-11(14)7-10/h2-8H,9H2,1H3,(H2,15,16). The number of nitrogens with two attached hydrogens (primary N) is 1. The molecule has 0 amide bonds. The third-order valence-electron chi connectivity index (χ3n) is 2.51. The minimum absolute atomic E-state index is 0.217. The molecule has 0 aliphatic heterocycles. The van der Waals surface area contributed by atoms with E-state index in [9.17, 15) is 4.39 Å².